The van der Waals surface area contributed by atoms with Gasteiger partial charge in [-0.1, -0.05) is 52.9 Å². The number of thioether (sulfide) groups is 1. The van der Waals surface area contributed by atoms with Crippen LogP contribution in [0.2, 0.25) is 0 Å². The third-order valence-corrected chi connectivity index (χ3v) is 7.23. The van der Waals surface area contributed by atoms with Crippen LogP contribution < -0.4 is 5.32 Å². The van der Waals surface area contributed by atoms with Gasteiger partial charge >= 0.3 is 0 Å². The predicted octanol–water partition coefficient (Wildman–Crippen LogP) is 5.20. The summed E-state index contributed by atoms with van der Waals surface area (Å²) in [4.78, 5) is 36.5. The highest BCUT2D eigenvalue weighted by Gasteiger charge is 2.38. The third-order valence-electron chi connectivity index (χ3n) is 5.12. The Morgan fingerprint density at radius 3 is 2.58 bits per heavy atom. The molecule has 0 radical (unpaired) electrons. The Morgan fingerprint density at radius 2 is 1.90 bits per heavy atom. The van der Waals surface area contributed by atoms with Crippen LogP contribution in [0.15, 0.2) is 41.4 Å². The standard InChI is InChI=1S/C23H24N4O2S2/c1-5-27-21(29)18(12-19(28)25-20-14(3)10-13(2)11-15(20)4)31-23(27)26-22-24-16-8-6-7-9-17(16)30-22/h6-11,18H,5,12H2,1-4H3,(H,25,28)/t18-/m1/s1. The van der Waals surface area contributed by atoms with Crippen LogP contribution in [0.3, 0.4) is 0 Å². The maximum atomic E-state index is 12.9. The van der Waals surface area contributed by atoms with Gasteiger partial charge in [-0.2, -0.15) is 4.99 Å². The van der Waals surface area contributed by atoms with E-state index in [4.69, 9.17) is 0 Å². The molecule has 0 aliphatic carbocycles. The van der Waals surface area contributed by atoms with Crippen LogP contribution in [0.25, 0.3) is 10.2 Å². The van der Waals surface area contributed by atoms with E-state index in [-0.39, 0.29) is 18.2 Å². The van der Waals surface area contributed by atoms with Crippen molar-refractivity contribution in [3.05, 3.63) is 53.1 Å². The van der Waals surface area contributed by atoms with Gasteiger partial charge in [0.2, 0.25) is 16.9 Å². The molecule has 1 saturated heterocycles. The number of carbonyl (C=O) groups is 2. The van der Waals surface area contributed by atoms with E-state index in [0.717, 1.165) is 32.6 Å². The summed E-state index contributed by atoms with van der Waals surface area (Å²) in [5, 5.41) is 3.73. The largest absolute Gasteiger partial charge is 0.326 e. The van der Waals surface area contributed by atoms with Crippen LogP contribution in [0.1, 0.15) is 30.0 Å². The highest BCUT2D eigenvalue weighted by Crippen LogP contribution is 2.34. The molecule has 1 N–H and O–H groups in total. The van der Waals surface area contributed by atoms with Crippen LogP contribution in [0, 0.1) is 20.8 Å². The molecule has 1 fully saturated rings. The molecule has 2 heterocycles. The van der Waals surface area contributed by atoms with Crippen molar-refractivity contribution >= 4 is 61.1 Å². The molecule has 0 unspecified atom stereocenters. The monoisotopic (exact) mass is 452 g/mol. The third kappa shape index (κ3) is 4.50. The van der Waals surface area contributed by atoms with E-state index < -0.39 is 5.25 Å². The highest BCUT2D eigenvalue weighted by atomic mass is 32.2. The first-order chi connectivity index (χ1) is 14.9. The van der Waals surface area contributed by atoms with Crippen molar-refractivity contribution in [2.24, 2.45) is 4.99 Å². The number of rotatable bonds is 5. The number of aryl methyl sites for hydroxylation is 3. The number of thiazole rings is 1. The lowest BCUT2D eigenvalue weighted by Crippen LogP contribution is -2.33. The highest BCUT2D eigenvalue weighted by molar-refractivity contribution is 8.15. The van der Waals surface area contributed by atoms with Gasteiger partial charge in [0.1, 0.15) is 5.25 Å². The molecule has 2 amide bonds. The van der Waals surface area contributed by atoms with Gasteiger partial charge in [-0.25, -0.2) is 4.98 Å². The Bertz CT molecular complexity index is 1150. The van der Waals surface area contributed by atoms with Crippen LogP contribution in [-0.4, -0.2) is 38.7 Å². The molecule has 2 aromatic carbocycles. The topological polar surface area (TPSA) is 74.7 Å². The molecule has 4 rings (SSSR count). The molecule has 6 nitrogen and oxygen atoms in total. The number of fused-ring (bicyclic) bond motifs is 1. The van der Waals surface area contributed by atoms with Crippen LogP contribution in [0.4, 0.5) is 10.8 Å². The molecule has 1 aliphatic heterocycles. The summed E-state index contributed by atoms with van der Waals surface area (Å²) in [7, 11) is 0. The van der Waals surface area contributed by atoms with Gasteiger partial charge in [-0.3, -0.25) is 14.5 Å². The lowest BCUT2D eigenvalue weighted by Gasteiger charge is -2.14. The Hall–Kier alpha value is -2.71. The molecule has 0 saturated carbocycles. The molecule has 1 aromatic heterocycles. The number of amides is 2. The van der Waals surface area contributed by atoms with Gasteiger partial charge in [0.15, 0.2) is 5.17 Å². The van der Waals surface area contributed by atoms with Crippen LogP contribution >= 0.6 is 23.1 Å². The van der Waals surface area contributed by atoms with Crippen molar-refractivity contribution in [1.82, 2.24) is 9.88 Å². The first-order valence-electron chi connectivity index (χ1n) is 10.2. The summed E-state index contributed by atoms with van der Waals surface area (Å²) in [6.07, 6.45) is 0.103. The minimum atomic E-state index is -0.487. The summed E-state index contributed by atoms with van der Waals surface area (Å²) >= 11 is 2.83. The summed E-state index contributed by atoms with van der Waals surface area (Å²) in [6.45, 7) is 8.40. The van der Waals surface area contributed by atoms with Gasteiger partial charge < -0.3 is 5.32 Å². The van der Waals surface area contributed by atoms with Gasteiger partial charge in [0.25, 0.3) is 0 Å². The van der Waals surface area contributed by atoms with Crippen molar-refractivity contribution in [2.75, 3.05) is 11.9 Å². The summed E-state index contributed by atoms with van der Waals surface area (Å²) in [6, 6.07) is 11.9. The second kappa shape index (κ2) is 8.80. The van der Waals surface area contributed by atoms with Gasteiger partial charge in [-0.05, 0) is 51.0 Å². The van der Waals surface area contributed by atoms with E-state index in [0.29, 0.717) is 16.8 Å². The summed E-state index contributed by atoms with van der Waals surface area (Å²) < 4.78 is 1.05. The van der Waals surface area contributed by atoms with Crippen molar-refractivity contribution in [3.8, 4) is 0 Å². The Kier molecular flexibility index (Phi) is 6.11. The second-order valence-corrected chi connectivity index (χ2v) is 9.75. The van der Waals surface area contributed by atoms with Crippen molar-refractivity contribution in [3.63, 3.8) is 0 Å². The first kappa shape index (κ1) is 21.5. The quantitative estimate of drug-likeness (QED) is 0.577. The Morgan fingerprint density at radius 1 is 1.19 bits per heavy atom. The van der Waals surface area contributed by atoms with Crippen LogP contribution in [0.5, 0.6) is 0 Å². The van der Waals surface area contributed by atoms with Crippen molar-refractivity contribution in [1.29, 1.82) is 0 Å². The zero-order valence-corrected chi connectivity index (χ0v) is 19.6. The SMILES string of the molecule is CCN1C(=O)[C@@H](CC(=O)Nc2c(C)cc(C)cc2C)SC1=Nc1nc2ccccc2s1. The van der Waals surface area contributed by atoms with E-state index in [2.05, 4.69) is 15.3 Å². The number of benzene rings is 2. The van der Waals surface area contributed by atoms with E-state index in [9.17, 15) is 9.59 Å². The Balaban J connectivity index is 1.51. The molecular weight excluding hydrogens is 428 g/mol. The number of aliphatic imine (C=N–C) groups is 1. The smallest absolute Gasteiger partial charge is 0.242 e. The first-order valence-corrected chi connectivity index (χ1v) is 11.8. The average molecular weight is 453 g/mol. The second-order valence-electron chi connectivity index (χ2n) is 7.57. The number of hydrogen-bond donors (Lipinski definition) is 1. The fraction of sp³-hybridized carbons (Fsp3) is 0.304. The molecule has 160 valence electrons. The summed E-state index contributed by atoms with van der Waals surface area (Å²) in [5.41, 5.74) is 4.91. The van der Waals surface area contributed by atoms with Crippen LogP contribution in [-0.2, 0) is 9.59 Å². The number of nitrogens with zero attached hydrogens (tertiary/aromatic N) is 3. The zero-order chi connectivity index (χ0) is 22.1. The van der Waals surface area contributed by atoms with Gasteiger partial charge in [0, 0.05) is 18.7 Å². The Labute approximate surface area is 189 Å². The fourth-order valence-electron chi connectivity index (χ4n) is 3.74. The van der Waals surface area contributed by atoms with Gasteiger partial charge in [-0.15, -0.1) is 0 Å². The molecule has 1 atom stereocenters. The normalized spacial score (nSPS) is 17.7. The average Bonchev–Trinajstić information content (AvgIpc) is 3.25. The molecule has 0 bridgehead atoms. The number of anilines is 1. The molecule has 0 spiro atoms. The predicted molar refractivity (Wildman–Crippen MR) is 129 cm³/mol. The number of hydrogen-bond acceptors (Lipinski definition) is 6. The zero-order valence-electron chi connectivity index (χ0n) is 17.9. The number of amidine groups is 1. The maximum Gasteiger partial charge on any atom is 0.242 e. The number of nitrogens with one attached hydrogen (secondary N) is 1. The lowest BCUT2D eigenvalue weighted by atomic mass is 10.0. The van der Waals surface area contributed by atoms with E-state index in [1.165, 1.54) is 23.1 Å². The molecule has 31 heavy (non-hydrogen) atoms. The molecule has 8 heteroatoms. The van der Waals surface area contributed by atoms with E-state index in [1.54, 1.807) is 4.90 Å². The van der Waals surface area contributed by atoms with E-state index in [1.807, 2.05) is 64.1 Å². The van der Waals surface area contributed by atoms with Gasteiger partial charge in [0.05, 0.1) is 10.2 Å². The summed E-state index contributed by atoms with van der Waals surface area (Å²) in [5.74, 6) is -0.252. The molecule has 3 aromatic rings. The lowest BCUT2D eigenvalue weighted by molar-refractivity contribution is -0.128. The van der Waals surface area contributed by atoms with E-state index >= 15 is 0 Å². The molecular formula is C23H24N4O2S2. The maximum absolute atomic E-state index is 12.9. The minimum absolute atomic E-state index is 0.0835. The van der Waals surface area contributed by atoms with Crippen molar-refractivity contribution < 1.29 is 9.59 Å². The number of para-hydroxylation sites is 1. The minimum Gasteiger partial charge on any atom is -0.326 e. The number of carbonyl (C=O) groups excluding carboxylic acids is 2. The number of aromatic nitrogens is 1. The van der Waals surface area contributed by atoms with Crippen molar-refractivity contribution in [2.45, 2.75) is 39.4 Å². The molecule has 1 aliphatic rings. The fourth-order valence-corrected chi connectivity index (χ4v) is 5.84.